The van der Waals surface area contributed by atoms with Crippen LogP contribution in [0.3, 0.4) is 0 Å². The van der Waals surface area contributed by atoms with Gasteiger partial charge in [-0.1, -0.05) is 6.92 Å². The smallest absolute Gasteiger partial charge is 0.321 e. The molecule has 1 aromatic rings. The number of carboxylic acids is 1. The summed E-state index contributed by atoms with van der Waals surface area (Å²) in [6, 6.07) is -0.368. The van der Waals surface area contributed by atoms with Gasteiger partial charge in [-0.3, -0.25) is 10.1 Å². The molecule has 1 heterocycles. The van der Waals surface area contributed by atoms with E-state index in [1.54, 1.807) is 18.5 Å². The number of hydrogen-bond acceptors (Lipinski definition) is 4. The molecule has 7 heteroatoms. The van der Waals surface area contributed by atoms with E-state index >= 15 is 0 Å². The number of thiazole rings is 1. The minimum atomic E-state index is -0.866. The zero-order chi connectivity index (χ0) is 12.0. The molecular formula is C9H13N3O3S. The van der Waals surface area contributed by atoms with Crippen LogP contribution in [0.5, 0.6) is 0 Å². The summed E-state index contributed by atoms with van der Waals surface area (Å²) in [5.41, 5.74) is 0. The quantitative estimate of drug-likeness (QED) is 0.728. The molecule has 0 saturated heterocycles. The second kappa shape index (κ2) is 6.06. The Morgan fingerprint density at radius 3 is 2.94 bits per heavy atom. The van der Waals surface area contributed by atoms with Crippen LogP contribution in [0.1, 0.15) is 13.3 Å². The summed E-state index contributed by atoms with van der Waals surface area (Å²) < 4.78 is 0. The zero-order valence-electron chi connectivity index (χ0n) is 8.77. The normalized spacial score (nSPS) is 11.8. The summed E-state index contributed by atoms with van der Waals surface area (Å²) >= 11 is 1.32. The fourth-order valence-corrected chi connectivity index (χ4v) is 1.59. The van der Waals surface area contributed by atoms with Gasteiger partial charge in [0.05, 0.1) is 0 Å². The highest BCUT2D eigenvalue weighted by Gasteiger charge is 2.09. The Labute approximate surface area is 96.7 Å². The molecule has 0 aliphatic rings. The van der Waals surface area contributed by atoms with Crippen molar-refractivity contribution in [2.24, 2.45) is 5.92 Å². The summed E-state index contributed by atoms with van der Waals surface area (Å²) in [6.07, 6.45) is 1.63. The monoisotopic (exact) mass is 243 g/mol. The lowest BCUT2D eigenvalue weighted by Crippen LogP contribution is -2.32. The Hall–Kier alpha value is -1.63. The van der Waals surface area contributed by atoms with Crippen molar-refractivity contribution in [2.75, 3.05) is 11.9 Å². The van der Waals surface area contributed by atoms with E-state index in [2.05, 4.69) is 15.6 Å². The number of aromatic nitrogens is 1. The minimum Gasteiger partial charge on any atom is -0.481 e. The molecule has 0 aromatic carbocycles. The number of carbonyl (C=O) groups is 2. The summed E-state index contributed by atoms with van der Waals surface area (Å²) in [4.78, 5) is 25.6. The molecule has 0 radical (unpaired) electrons. The Kier molecular flexibility index (Phi) is 4.71. The molecule has 0 aliphatic heterocycles. The maximum Gasteiger partial charge on any atom is 0.321 e. The number of hydrogen-bond donors (Lipinski definition) is 3. The molecule has 1 rings (SSSR count). The standard InChI is InChI=1S/C9H13N3O3S/c1-6(4-7(13)14)5-11-8(15)12-9-10-2-3-16-9/h2-3,6H,4-5H2,1H3,(H,13,14)(H2,10,11,12,15). The molecule has 1 atom stereocenters. The van der Waals surface area contributed by atoms with Crippen LogP contribution in [-0.4, -0.2) is 28.6 Å². The molecule has 0 saturated carbocycles. The first-order valence-corrected chi connectivity index (χ1v) is 5.62. The average molecular weight is 243 g/mol. The first-order valence-electron chi connectivity index (χ1n) is 4.74. The molecular weight excluding hydrogens is 230 g/mol. The second-order valence-corrected chi connectivity index (χ2v) is 4.27. The third-order valence-corrected chi connectivity index (χ3v) is 2.48. The number of anilines is 1. The third-order valence-electron chi connectivity index (χ3n) is 1.79. The van der Waals surface area contributed by atoms with E-state index in [0.717, 1.165) is 0 Å². The number of nitrogens with one attached hydrogen (secondary N) is 2. The maximum atomic E-state index is 11.3. The van der Waals surface area contributed by atoms with E-state index in [-0.39, 0.29) is 18.4 Å². The van der Waals surface area contributed by atoms with Crippen molar-refractivity contribution >= 4 is 28.5 Å². The van der Waals surface area contributed by atoms with Crippen LogP contribution < -0.4 is 10.6 Å². The summed E-state index contributed by atoms with van der Waals surface area (Å²) in [5, 5.41) is 15.9. The van der Waals surface area contributed by atoms with Gasteiger partial charge in [-0.05, 0) is 5.92 Å². The van der Waals surface area contributed by atoms with Crippen LogP contribution in [-0.2, 0) is 4.79 Å². The van der Waals surface area contributed by atoms with E-state index in [9.17, 15) is 9.59 Å². The minimum absolute atomic E-state index is 0.0392. The fraction of sp³-hybridized carbons (Fsp3) is 0.444. The SMILES string of the molecule is CC(CNC(=O)Nc1nccs1)CC(=O)O. The van der Waals surface area contributed by atoms with Crippen molar-refractivity contribution < 1.29 is 14.7 Å². The topological polar surface area (TPSA) is 91.3 Å². The Morgan fingerprint density at radius 1 is 1.62 bits per heavy atom. The lowest BCUT2D eigenvalue weighted by molar-refractivity contribution is -0.137. The number of carbonyl (C=O) groups excluding carboxylic acids is 1. The van der Waals surface area contributed by atoms with Crippen LogP contribution in [0.2, 0.25) is 0 Å². The molecule has 16 heavy (non-hydrogen) atoms. The second-order valence-electron chi connectivity index (χ2n) is 3.38. The van der Waals surface area contributed by atoms with Gasteiger partial charge in [0, 0.05) is 24.5 Å². The van der Waals surface area contributed by atoms with Crippen LogP contribution >= 0.6 is 11.3 Å². The zero-order valence-corrected chi connectivity index (χ0v) is 9.58. The molecule has 0 aliphatic carbocycles. The van der Waals surface area contributed by atoms with Gasteiger partial charge in [0.15, 0.2) is 5.13 Å². The van der Waals surface area contributed by atoms with Gasteiger partial charge in [0.25, 0.3) is 0 Å². The predicted octanol–water partition coefficient (Wildman–Crippen LogP) is 1.38. The van der Waals surface area contributed by atoms with Gasteiger partial charge < -0.3 is 10.4 Å². The van der Waals surface area contributed by atoms with Crippen LogP contribution in [0.25, 0.3) is 0 Å². The predicted molar refractivity (Wildman–Crippen MR) is 60.6 cm³/mol. The molecule has 2 amide bonds. The van der Waals surface area contributed by atoms with Gasteiger partial charge in [0.1, 0.15) is 0 Å². The number of urea groups is 1. The highest BCUT2D eigenvalue weighted by Crippen LogP contribution is 2.09. The summed E-state index contributed by atoms with van der Waals surface area (Å²) in [6.45, 7) is 2.08. The molecule has 3 N–H and O–H groups in total. The van der Waals surface area contributed by atoms with E-state index in [4.69, 9.17) is 5.11 Å². The van der Waals surface area contributed by atoms with Crippen molar-refractivity contribution in [3.05, 3.63) is 11.6 Å². The van der Waals surface area contributed by atoms with Gasteiger partial charge in [0.2, 0.25) is 0 Å². The highest BCUT2D eigenvalue weighted by atomic mass is 32.1. The van der Waals surface area contributed by atoms with E-state index in [1.165, 1.54) is 11.3 Å². The van der Waals surface area contributed by atoms with Crippen molar-refractivity contribution in [1.29, 1.82) is 0 Å². The van der Waals surface area contributed by atoms with Gasteiger partial charge in [-0.25, -0.2) is 9.78 Å². The van der Waals surface area contributed by atoms with E-state index in [1.807, 2.05) is 0 Å². The number of aliphatic carboxylic acids is 1. The summed E-state index contributed by atoms with van der Waals surface area (Å²) in [5.74, 6) is -0.964. The third kappa shape index (κ3) is 4.74. The number of rotatable bonds is 5. The lowest BCUT2D eigenvalue weighted by atomic mass is 10.1. The molecule has 1 unspecified atom stereocenters. The number of amides is 2. The van der Waals surface area contributed by atoms with Crippen LogP contribution in [0.4, 0.5) is 9.93 Å². The summed E-state index contributed by atoms with van der Waals surface area (Å²) in [7, 11) is 0. The van der Waals surface area contributed by atoms with Gasteiger partial charge >= 0.3 is 12.0 Å². The Balaban J connectivity index is 2.22. The molecule has 6 nitrogen and oxygen atoms in total. The molecule has 1 aromatic heterocycles. The molecule has 0 bridgehead atoms. The van der Waals surface area contributed by atoms with Crippen molar-refractivity contribution in [3.8, 4) is 0 Å². The van der Waals surface area contributed by atoms with Crippen LogP contribution in [0.15, 0.2) is 11.6 Å². The van der Waals surface area contributed by atoms with Gasteiger partial charge in [-0.15, -0.1) is 11.3 Å². The van der Waals surface area contributed by atoms with E-state index in [0.29, 0.717) is 11.7 Å². The first-order chi connectivity index (χ1) is 7.58. The van der Waals surface area contributed by atoms with Crippen molar-refractivity contribution in [3.63, 3.8) is 0 Å². The van der Waals surface area contributed by atoms with Crippen molar-refractivity contribution in [2.45, 2.75) is 13.3 Å². The number of nitrogens with zero attached hydrogens (tertiary/aromatic N) is 1. The molecule has 0 spiro atoms. The fourth-order valence-electron chi connectivity index (χ4n) is 1.06. The van der Waals surface area contributed by atoms with Gasteiger partial charge in [-0.2, -0.15) is 0 Å². The largest absolute Gasteiger partial charge is 0.481 e. The molecule has 88 valence electrons. The molecule has 0 fully saturated rings. The highest BCUT2D eigenvalue weighted by molar-refractivity contribution is 7.13. The number of carboxylic acid groups (broad SMARTS) is 1. The Morgan fingerprint density at radius 2 is 2.38 bits per heavy atom. The Bertz CT molecular complexity index is 353. The van der Waals surface area contributed by atoms with E-state index < -0.39 is 5.97 Å². The van der Waals surface area contributed by atoms with Crippen LogP contribution in [0, 0.1) is 5.92 Å². The first kappa shape index (κ1) is 12.4. The van der Waals surface area contributed by atoms with Crippen molar-refractivity contribution in [1.82, 2.24) is 10.3 Å². The lowest BCUT2D eigenvalue weighted by Gasteiger charge is -2.10. The maximum absolute atomic E-state index is 11.3. The average Bonchev–Trinajstić information content (AvgIpc) is 2.66.